The molecule has 0 aliphatic heterocycles. The number of amides is 1. The molecule has 0 N–H and O–H groups in total. The quantitative estimate of drug-likeness (QED) is 0.709. The van der Waals surface area contributed by atoms with Gasteiger partial charge >= 0.3 is 0 Å². The van der Waals surface area contributed by atoms with Gasteiger partial charge in [0.25, 0.3) is 5.91 Å². The molecule has 1 amide bonds. The molecule has 134 valence electrons. The third-order valence-electron chi connectivity index (χ3n) is 4.67. The van der Waals surface area contributed by atoms with Crippen LogP contribution in [0.2, 0.25) is 0 Å². The minimum absolute atomic E-state index is 0.0107. The molecule has 3 rings (SSSR count). The second kappa shape index (κ2) is 7.52. The van der Waals surface area contributed by atoms with Gasteiger partial charge in [0, 0.05) is 62.0 Å². The number of hydrogen-bond acceptors (Lipinski definition) is 3. The summed E-state index contributed by atoms with van der Waals surface area (Å²) in [5.41, 5.74) is 3.85. The van der Waals surface area contributed by atoms with Crippen LogP contribution in [-0.4, -0.2) is 38.4 Å². The molecule has 2 heterocycles. The molecule has 0 fully saturated rings. The first kappa shape index (κ1) is 17.9. The maximum absolute atomic E-state index is 12.8. The van der Waals surface area contributed by atoms with Gasteiger partial charge in [-0.3, -0.25) is 9.78 Å². The Labute approximate surface area is 154 Å². The first-order valence-corrected chi connectivity index (χ1v) is 8.72. The first-order chi connectivity index (χ1) is 12.5. The minimum atomic E-state index is 0.0107. The molecule has 2 aromatic heterocycles. The Morgan fingerprint density at radius 3 is 2.50 bits per heavy atom. The zero-order chi connectivity index (χ0) is 18.7. The zero-order valence-electron chi connectivity index (χ0n) is 15.7. The number of carbonyl (C=O) groups excluding carboxylic acids is 1. The van der Waals surface area contributed by atoms with Crippen LogP contribution in [0.1, 0.15) is 28.5 Å². The van der Waals surface area contributed by atoms with Crippen molar-refractivity contribution < 1.29 is 4.79 Å². The molecular formula is C21H24N4O. The summed E-state index contributed by atoms with van der Waals surface area (Å²) in [6.07, 6.45) is 6.22. The highest BCUT2D eigenvalue weighted by molar-refractivity contribution is 5.94. The number of nitrogens with zero attached hydrogens (tertiary/aromatic N) is 4. The van der Waals surface area contributed by atoms with Crippen LogP contribution in [-0.2, 0) is 13.5 Å². The number of imidazole rings is 1. The maximum Gasteiger partial charge on any atom is 0.253 e. The Kier molecular flexibility index (Phi) is 5.16. The fourth-order valence-corrected chi connectivity index (χ4v) is 2.96. The number of likely N-dealkylation sites (N-methyl/N-ethyl adjacent to an activating group) is 1. The third-order valence-corrected chi connectivity index (χ3v) is 4.67. The molecule has 0 saturated heterocycles. The van der Waals surface area contributed by atoms with Gasteiger partial charge in [-0.25, -0.2) is 4.98 Å². The van der Waals surface area contributed by atoms with Crippen molar-refractivity contribution >= 4 is 5.91 Å². The fraction of sp³-hybridized carbons (Fsp3) is 0.286. The smallest absolute Gasteiger partial charge is 0.253 e. The Morgan fingerprint density at radius 1 is 1.15 bits per heavy atom. The van der Waals surface area contributed by atoms with Gasteiger partial charge < -0.3 is 9.47 Å². The van der Waals surface area contributed by atoms with Gasteiger partial charge in [-0.2, -0.15) is 0 Å². The average Bonchev–Trinajstić information content (AvgIpc) is 3.06. The summed E-state index contributed by atoms with van der Waals surface area (Å²) in [7, 11) is 3.80. The summed E-state index contributed by atoms with van der Waals surface area (Å²) in [6.45, 7) is 4.10. The summed E-state index contributed by atoms with van der Waals surface area (Å²) in [5.74, 6) is 0.896. The van der Waals surface area contributed by atoms with E-state index in [4.69, 9.17) is 0 Å². The van der Waals surface area contributed by atoms with Gasteiger partial charge in [0.1, 0.15) is 5.82 Å². The lowest BCUT2D eigenvalue weighted by Crippen LogP contribution is -2.36. The fourth-order valence-electron chi connectivity index (χ4n) is 2.96. The highest BCUT2D eigenvalue weighted by Crippen LogP contribution is 2.18. The average molecular weight is 348 g/mol. The van der Waals surface area contributed by atoms with Crippen molar-refractivity contribution in [3.05, 3.63) is 71.8 Å². The second-order valence-corrected chi connectivity index (χ2v) is 6.73. The van der Waals surface area contributed by atoms with E-state index in [1.54, 1.807) is 11.1 Å². The van der Waals surface area contributed by atoms with E-state index in [0.29, 0.717) is 5.56 Å². The third kappa shape index (κ3) is 3.82. The van der Waals surface area contributed by atoms with Crippen LogP contribution in [0.3, 0.4) is 0 Å². The van der Waals surface area contributed by atoms with Crippen molar-refractivity contribution in [3.8, 4) is 11.4 Å². The van der Waals surface area contributed by atoms with E-state index in [-0.39, 0.29) is 11.9 Å². The van der Waals surface area contributed by atoms with Crippen LogP contribution in [0, 0.1) is 6.92 Å². The number of benzene rings is 1. The van der Waals surface area contributed by atoms with Crippen molar-refractivity contribution in [2.45, 2.75) is 26.3 Å². The van der Waals surface area contributed by atoms with E-state index in [1.807, 2.05) is 75.2 Å². The summed E-state index contributed by atoms with van der Waals surface area (Å²) < 4.78 is 1.96. The van der Waals surface area contributed by atoms with Gasteiger partial charge in [-0.05, 0) is 43.7 Å². The predicted molar refractivity (Wildman–Crippen MR) is 103 cm³/mol. The van der Waals surface area contributed by atoms with Gasteiger partial charge in [-0.15, -0.1) is 0 Å². The lowest BCUT2D eigenvalue weighted by Gasteiger charge is -2.25. The molecule has 3 aromatic rings. The van der Waals surface area contributed by atoms with Gasteiger partial charge in [0.15, 0.2) is 0 Å². The number of aryl methyl sites for hydroxylation is 2. The number of pyridine rings is 1. The highest BCUT2D eigenvalue weighted by atomic mass is 16.2. The Hall–Kier alpha value is -2.95. The van der Waals surface area contributed by atoms with Gasteiger partial charge in [0.2, 0.25) is 0 Å². The van der Waals surface area contributed by atoms with E-state index in [0.717, 1.165) is 23.5 Å². The lowest BCUT2D eigenvalue weighted by atomic mass is 10.1. The molecule has 0 spiro atoms. The number of hydrogen-bond donors (Lipinski definition) is 0. The van der Waals surface area contributed by atoms with E-state index < -0.39 is 0 Å². The molecule has 0 bridgehead atoms. The predicted octanol–water partition coefficient (Wildman–Crippen LogP) is 3.49. The molecule has 0 aliphatic carbocycles. The summed E-state index contributed by atoms with van der Waals surface area (Å²) >= 11 is 0. The Balaban J connectivity index is 1.70. The number of rotatable bonds is 5. The van der Waals surface area contributed by atoms with Crippen LogP contribution >= 0.6 is 0 Å². The Bertz CT molecular complexity index is 898. The zero-order valence-corrected chi connectivity index (χ0v) is 15.7. The van der Waals surface area contributed by atoms with Gasteiger partial charge in [0.05, 0.1) is 0 Å². The SMILES string of the molecule is Cc1ccnc(C[C@@H](C)N(C)C(=O)c2ccc(-c3nccn3C)cc2)c1. The largest absolute Gasteiger partial charge is 0.339 e. The molecule has 0 radical (unpaired) electrons. The van der Waals surface area contributed by atoms with Crippen molar-refractivity contribution in [1.82, 2.24) is 19.4 Å². The number of aromatic nitrogens is 3. The first-order valence-electron chi connectivity index (χ1n) is 8.72. The van der Waals surface area contributed by atoms with Crippen LogP contribution in [0.4, 0.5) is 0 Å². The molecule has 5 nitrogen and oxygen atoms in total. The van der Waals surface area contributed by atoms with Crippen molar-refractivity contribution in [2.75, 3.05) is 7.05 Å². The lowest BCUT2D eigenvalue weighted by molar-refractivity contribution is 0.0743. The topological polar surface area (TPSA) is 51.0 Å². The maximum atomic E-state index is 12.8. The molecule has 5 heteroatoms. The van der Waals surface area contributed by atoms with Crippen molar-refractivity contribution in [3.63, 3.8) is 0 Å². The Morgan fingerprint density at radius 2 is 1.88 bits per heavy atom. The number of carbonyl (C=O) groups is 1. The summed E-state index contributed by atoms with van der Waals surface area (Å²) in [4.78, 5) is 23.3. The van der Waals surface area contributed by atoms with Crippen LogP contribution < -0.4 is 0 Å². The molecule has 1 atom stereocenters. The molecule has 0 unspecified atom stereocenters. The van der Waals surface area contributed by atoms with E-state index in [2.05, 4.69) is 16.0 Å². The highest BCUT2D eigenvalue weighted by Gasteiger charge is 2.18. The summed E-state index contributed by atoms with van der Waals surface area (Å²) in [5, 5.41) is 0. The molecule has 0 aliphatic rings. The van der Waals surface area contributed by atoms with Crippen molar-refractivity contribution in [2.24, 2.45) is 7.05 Å². The van der Waals surface area contributed by atoms with Crippen LogP contribution in [0.25, 0.3) is 11.4 Å². The molecular weight excluding hydrogens is 324 g/mol. The molecule has 0 saturated carbocycles. The normalized spacial score (nSPS) is 12.0. The van der Waals surface area contributed by atoms with Crippen molar-refractivity contribution in [1.29, 1.82) is 0 Å². The van der Waals surface area contributed by atoms with E-state index in [1.165, 1.54) is 5.56 Å². The van der Waals surface area contributed by atoms with E-state index >= 15 is 0 Å². The molecule has 26 heavy (non-hydrogen) atoms. The minimum Gasteiger partial charge on any atom is -0.339 e. The van der Waals surface area contributed by atoms with Gasteiger partial charge in [-0.1, -0.05) is 12.1 Å². The monoisotopic (exact) mass is 348 g/mol. The molecule has 1 aromatic carbocycles. The second-order valence-electron chi connectivity index (χ2n) is 6.73. The van der Waals surface area contributed by atoms with Crippen LogP contribution in [0.15, 0.2) is 55.0 Å². The standard InChI is InChI=1S/C21H24N4O/c1-15-9-10-22-19(13-15)14-16(2)25(4)21(26)18-7-5-17(6-8-18)20-23-11-12-24(20)3/h5-13,16H,14H2,1-4H3/t16-/m1/s1. The van der Waals surface area contributed by atoms with E-state index in [9.17, 15) is 4.79 Å². The van der Waals surface area contributed by atoms with Crippen LogP contribution in [0.5, 0.6) is 0 Å². The summed E-state index contributed by atoms with van der Waals surface area (Å²) in [6, 6.07) is 11.7.